The van der Waals surface area contributed by atoms with Crippen LogP contribution in [-0.4, -0.2) is 68.9 Å². The third kappa shape index (κ3) is 11.6. The molecule has 1 aliphatic carbocycles. The number of unbranched alkanes of at least 4 members (excludes halogenated alkanes) is 1. The van der Waals surface area contributed by atoms with E-state index in [2.05, 4.69) is 10.6 Å². The van der Waals surface area contributed by atoms with Gasteiger partial charge in [-0.1, -0.05) is 37.6 Å². The van der Waals surface area contributed by atoms with Crippen LogP contribution in [0.3, 0.4) is 0 Å². The van der Waals surface area contributed by atoms with Crippen LogP contribution in [0.2, 0.25) is 0 Å². The van der Waals surface area contributed by atoms with Crippen LogP contribution in [0.25, 0.3) is 0 Å². The lowest BCUT2D eigenvalue weighted by Crippen LogP contribution is -2.30. The van der Waals surface area contributed by atoms with Gasteiger partial charge in [0, 0.05) is 56.4 Å². The highest BCUT2D eigenvalue weighted by Gasteiger charge is 2.20. The highest BCUT2D eigenvalue weighted by atomic mass is 16.5. The lowest BCUT2D eigenvalue weighted by atomic mass is 9.90. The summed E-state index contributed by atoms with van der Waals surface area (Å²) in [5.41, 5.74) is 3.51. The molecule has 1 aromatic carbocycles. The van der Waals surface area contributed by atoms with Crippen molar-refractivity contribution in [2.45, 2.75) is 71.8 Å². The van der Waals surface area contributed by atoms with E-state index in [0.717, 1.165) is 61.8 Å². The van der Waals surface area contributed by atoms with Crippen molar-refractivity contribution in [3.05, 3.63) is 46.7 Å². The van der Waals surface area contributed by atoms with Gasteiger partial charge in [0.05, 0.1) is 13.2 Å². The van der Waals surface area contributed by atoms with E-state index < -0.39 is 6.09 Å². The number of hydrogen-bond donors (Lipinski definition) is 2. The Morgan fingerprint density at radius 2 is 1.72 bits per heavy atom. The predicted molar refractivity (Wildman–Crippen MR) is 150 cm³/mol. The molecule has 0 fully saturated rings. The third-order valence-electron chi connectivity index (χ3n) is 7.02. The van der Waals surface area contributed by atoms with Crippen molar-refractivity contribution in [2.75, 3.05) is 40.5 Å². The van der Waals surface area contributed by atoms with E-state index in [1.54, 1.807) is 18.9 Å². The Bertz CT molecular complexity index is 989. The van der Waals surface area contributed by atoms with E-state index in [-0.39, 0.29) is 36.6 Å². The first-order valence-corrected chi connectivity index (χ1v) is 14.0. The first-order chi connectivity index (χ1) is 18.7. The number of carbonyl (C=O) groups excluding carboxylic acids is 4. The Morgan fingerprint density at radius 1 is 1.00 bits per heavy atom. The number of hydrogen-bond acceptors (Lipinski definition) is 7. The first-order valence-electron chi connectivity index (χ1n) is 14.0. The summed E-state index contributed by atoms with van der Waals surface area (Å²) in [6.45, 7) is 4.88. The van der Waals surface area contributed by atoms with Crippen LogP contribution in [0.15, 0.2) is 35.5 Å². The van der Waals surface area contributed by atoms with Gasteiger partial charge in [0.25, 0.3) is 0 Å². The molecule has 0 spiro atoms. The van der Waals surface area contributed by atoms with Crippen LogP contribution >= 0.6 is 0 Å². The Labute approximate surface area is 232 Å². The molecule has 2 rings (SSSR count). The van der Waals surface area contributed by atoms with Gasteiger partial charge in [-0.25, -0.2) is 4.79 Å². The van der Waals surface area contributed by atoms with Crippen molar-refractivity contribution in [1.29, 1.82) is 0 Å². The summed E-state index contributed by atoms with van der Waals surface area (Å²) in [7, 11) is 3.58. The Morgan fingerprint density at radius 3 is 2.41 bits per heavy atom. The molecule has 1 aliphatic rings. The molecule has 1 unspecified atom stereocenters. The molecule has 0 aliphatic heterocycles. The normalized spacial score (nSPS) is 13.9. The van der Waals surface area contributed by atoms with Gasteiger partial charge in [-0.2, -0.15) is 0 Å². The van der Waals surface area contributed by atoms with Crippen molar-refractivity contribution < 1.29 is 28.7 Å². The summed E-state index contributed by atoms with van der Waals surface area (Å²) in [4.78, 5) is 49.8. The minimum absolute atomic E-state index is 0.0566. The van der Waals surface area contributed by atoms with Crippen LogP contribution in [-0.2, 0) is 25.6 Å². The maximum atomic E-state index is 12.9. The number of alkyl carbamates (subject to hydrolysis) is 1. The average Bonchev–Trinajstić information content (AvgIpc) is 2.94. The number of rotatable bonds is 17. The minimum atomic E-state index is -0.476. The standard InChI is InChI=1S/C30H45N3O6/c1-22(23(2)34)10-7-8-17-32-30(37)39-19-9-18-38-21-28(35)33(4)20-24-13-15-25(16-14-24)29(36)26-11-5-6-12-27(26)31-3/h13-16,22,31H,5-12,17-21H2,1-4H3,(H,32,37). The van der Waals surface area contributed by atoms with Gasteiger partial charge in [-0.15, -0.1) is 0 Å². The van der Waals surface area contributed by atoms with E-state index in [1.165, 1.54) is 0 Å². The van der Waals surface area contributed by atoms with E-state index >= 15 is 0 Å². The number of Topliss-reactive ketones (excluding diaryl/α,β-unsaturated/α-hetero) is 2. The molecule has 9 nitrogen and oxygen atoms in total. The van der Waals surface area contributed by atoms with Gasteiger partial charge in [-0.3, -0.25) is 14.4 Å². The summed E-state index contributed by atoms with van der Waals surface area (Å²) in [6, 6.07) is 7.42. The number of ether oxygens (including phenoxy) is 2. The van der Waals surface area contributed by atoms with Gasteiger partial charge in [0.2, 0.25) is 5.91 Å². The Hall–Kier alpha value is -3.20. The molecule has 0 heterocycles. The SMILES string of the molecule is CNC1=C(C(=O)c2ccc(CN(C)C(=O)COCCCOC(=O)NCCCCC(C)C(C)=O)cc2)CCCC1. The molecule has 0 saturated carbocycles. The van der Waals surface area contributed by atoms with Crippen LogP contribution in [0.5, 0.6) is 0 Å². The fourth-order valence-corrected chi connectivity index (χ4v) is 4.35. The van der Waals surface area contributed by atoms with Crippen molar-refractivity contribution >= 4 is 23.6 Å². The molecule has 1 aromatic rings. The quantitative estimate of drug-likeness (QED) is 0.221. The number of nitrogens with one attached hydrogen (secondary N) is 2. The minimum Gasteiger partial charge on any atom is -0.449 e. The first kappa shape index (κ1) is 32.0. The van der Waals surface area contributed by atoms with Crippen LogP contribution < -0.4 is 10.6 Å². The lowest BCUT2D eigenvalue weighted by Gasteiger charge is -2.20. The number of amides is 2. The molecular weight excluding hydrogens is 498 g/mol. The monoisotopic (exact) mass is 543 g/mol. The van der Waals surface area contributed by atoms with Crippen molar-refractivity contribution in [2.24, 2.45) is 5.92 Å². The van der Waals surface area contributed by atoms with Crippen molar-refractivity contribution in [3.63, 3.8) is 0 Å². The molecular formula is C30H45N3O6. The zero-order valence-corrected chi connectivity index (χ0v) is 24.0. The largest absolute Gasteiger partial charge is 0.449 e. The highest BCUT2D eigenvalue weighted by molar-refractivity contribution is 6.09. The second-order valence-corrected chi connectivity index (χ2v) is 10.2. The molecule has 0 bridgehead atoms. The fourth-order valence-electron chi connectivity index (χ4n) is 4.35. The van der Waals surface area contributed by atoms with E-state index in [0.29, 0.717) is 31.7 Å². The maximum Gasteiger partial charge on any atom is 0.407 e. The summed E-state index contributed by atoms with van der Waals surface area (Å²) in [6.07, 6.45) is 6.35. The second-order valence-electron chi connectivity index (χ2n) is 10.2. The molecule has 0 radical (unpaired) electrons. The van der Waals surface area contributed by atoms with Crippen LogP contribution in [0.1, 0.15) is 81.1 Å². The smallest absolute Gasteiger partial charge is 0.407 e. The zero-order valence-electron chi connectivity index (χ0n) is 24.0. The molecule has 216 valence electrons. The zero-order chi connectivity index (χ0) is 28.6. The fraction of sp³-hybridized carbons (Fsp3) is 0.600. The number of allylic oxidation sites excluding steroid dienone is 2. The summed E-state index contributed by atoms with van der Waals surface area (Å²) in [5.74, 6) is 0.163. The molecule has 1 atom stereocenters. The molecule has 0 aromatic heterocycles. The molecule has 39 heavy (non-hydrogen) atoms. The summed E-state index contributed by atoms with van der Waals surface area (Å²) < 4.78 is 10.6. The van der Waals surface area contributed by atoms with Gasteiger partial charge in [0.15, 0.2) is 5.78 Å². The Kier molecular flexibility index (Phi) is 14.3. The number of carbonyl (C=O) groups is 4. The van der Waals surface area contributed by atoms with Crippen molar-refractivity contribution in [3.8, 4) is 0 Å². The molecule has 2 amide bonds. The highest BCUT2D eigenvalue weighted by Crippen LogP contribution is 2.26. The predicted octanol–water partition coefficient (Wildman–Crippen LogP) is 4.40. The lowest BCUT2D eigenvalue weighted by molar-refractivity contribution is -0.135. The van der Waals surface area contributed by atoms with Crippen molar-refractivity contribution in [1.82, 2.24) is 15.5 Å². The number of ketones is 2. The van der Waals surface area contributed by atoms with Gasteiger partial charge in [-0.05, 0) is 51.0 Å². The summed E-state index contributed by atoms with van der Waals surface area (Å²) >= 11 is 0. The molecule has 2 N–H and O–H groups in total. The number of nitrogens with zero attached hydrogens (tertiary/aromatic N) is 1. The molecule has 0 saturated heterocycles. The van der Waals surface area contributed by atoms with Gasteiger partial charge in [0.1, 0.15) is 12.4 Å². The van der Waals surface area contributed by atoms with Gasteiger partial charge < -0.3 is 25.0 Å². The van der Waals surface area contributed by atoms with Gasteiger partial charge >= 0.3 is 6.09 Å². The van der Waals surface area contributed by atoms with Crippen LogP contribution in [0.4, 0.5) is 4.79 Å². The number of benzene rings is 1. The van der Waals surface area contributed by atoms with E-state index in [9.17, 15) is 19.2 Å². The average molecular weight is 544 g/mol. The Balaban J connectivity index is 1.59. The second kappa shape index (κ2) is 17.4. The van der Waals surface area contributed by atoms with Crippen LogP contribution in [0, 0.1) is 5.92 Å². The van der Waals surface area contributed by atoms with E-state index in [4.69, 9.17) is 9.47 Å². The number of likely N-dealkylation sites (N-methyl/N-ethyl adjacent to an activating group) is 1. The molecule has 9 heteroatoms. The maximum absolute atomic E-state index is 12.9. The topological polar surface area (TPSA) is 114 Å². The van der Waals surface area contributed by atoms with E-state index in [1.807, 2.05) is 38.2 Å². The summed E-state index contributed by atoms with van der Waals surface area (Å²) in [5, 5.41) is 5.87. The third-order valence-corrected chi connectivity index (χ3v) is 7.02.